The number of halogens is 2. The molecule has 1 aliphatic heterocycles. The van der Waals surface area contributed by atoms with Gasteiger partial charge in [0, 0.05) is 24.0 Å². The van der Waals surface area contributed by atoms with E-state index in [0.29, 0.717) is 18.9 Å². The molecule has 0 saturated carbocycles. The van der Waals surface area contributed by atoms with E-state index in [4.69, 9.17) is 0 Å². The van der Waals surface area contributed by atoms with E-state index in [0.717, 1.165) is 29.4 Å². The summed E-state index contributed by atoms with van der Waals surface area (Å²) in [6.07, 6.45) is 2.88. The zero-order chi connectivity index (χ0) is 13.1. The van der Waals surface area contributed by atoms with E-state index in [1.54, 1.807) is 6.07 Å². The van der Waals surface area contributed by atoms with Crippen LogP contribution in [0.5, 0.6) is 0 Å². The Kier molecular flexibility index (Phi) is 4.38. The molecular weight excluding hydrogens is 297 g/mol. The minimum atomic E-state index is -0.262. The predicted octanol–water partition coefficient (Wildman–Crippen LogP) is 3.74. The highest BCUT2D eigenvalue weighted by molar-refractivity contribution is 9.10. The Morgan fingerprint density at radius 2 is 2.28 bits per heavy atom. The number of likely N-dealkylation sites (tertiary alicyclic amines) is 1. The second-order valence-electron chi connectivity index (χ2n) is 4.87. The van der Waals surface area contributed by atoms with Crippen molar-refractivity contribution in [2.45, 2.75) is 32.7 Å². The van der Waals surface area contributed by atoms with Crippen molar-refractivity contribution in [3.63, 3.8) is 0 Å². The normalized spacial score (nSPS) is 19.6. The number of hydrogen-bond donors (Lipinski definition) is 0. The fraction of sp³-hybridized carbons (Fsp3) is 0.500. The Balaban J connectivity index is 2.03. The average Bonchev–Trinajstić information content (AvgIpc) is 2.64. The molecule has 0 aliphatic carbocycles. The van der Waals surface area contributed by atoms with Gasteiger partial charge in [-0.25, -0.2) is 4.39 Å². The maximum Gasteiger partial charge on any atom is 0.223 e. The molecule has 1 aromatic carbocycles. The molecule has 2 nitrogen and oxygen atoms in total. The third-order valence-corrected chi connectivity index (χ3v) is 4.11. The molecule has 0 spiro atoms. The number of benzene rings is 1. The molecule has 0 radical (unpaired) electrons. The van der Waals surface area contributed by atoms with Gasteiger partial charge in [0.25, 0.3) is 0 Å². The first-order chi connectivity index (χ1) is 8.60. The molecule has 1 amide bonds. The Bertz CT molecular complexity index is 449. The Morgan fingerprint density at radius 1 is 1.50 bits per heavy atom. The summed E-state index contributed by atoms with van der Waals surface area (Å²) < 4.78 is 13.7. The largest absolute Gasteiger partial charge is 0.338 e. The van der Waals surface area contributed by atoms with Crippen molar-refractivity contribution in [1.29, 1.82) is 0 Å². The summed E-state index contributed by atoms with van der Waals surface area (Å²) in [5.41, 5.74) is 0.960. The van der Waals surface area contributed by atoms with Gasteiger partial charge in [-0.3, -0.25) is 4.79 Å². The first kappa shape index (κ1) is 13.5. The van der Waals surface area contributed by atoms with Gasteiger partial charge in [-0.1, -0.05) is 35.3 Å². The van der Waals surface area contributed by atoms with E-state index in [1.807, 2.05) is 4.90 Å². The molecule has 0 aromatic heterocycles. The maximum absolute atomic E-state index is 13.0. The van der Waals surface area contributed by atoms with Crippen LogP contribution >= 0.6 is 15.9 Å². The van der Waals surface area contributed by atoms with Crippen molar-refractivity contribution in [2.75, 3.05) is 6.54 Å². The van der Waals surface area contributed by atoms with Crippen LogP contribution in [0.1, 0.15) is 31.7 Å². The fourth-order valence-corrected chi connectivity index (χ4v) is 2.94. The van der Waals surface area contributed by atoms with Gasteiger partial charge >= 0.3 is 0 Å². The highest BCUT2D eigenvalue weighted by Gasteiger charge is 2.28. The third kappa shape index (κ3) is 3.10. The molecule has 1 saturated heterocycles. The van der Waals surface area contributed by atoms with Crippen molar-refractivity contribution in [2.24, 2.45) is 5.92 Å². The molecule has 1 aromatic rings. The van der Waals surface area contributed by atoms with Gasteiger partial charge in [-0.2, -0.15) is 0 Å². The lowest BCUT2D eigenvalue weighted by molar-refractivity contribution is -0.128. The number of amides is 1. The summed E-state index contributed by atoms with van der Waals surface area (Å²) in [5.74, 6) is 0.439. The van der Waals surface area contributed by atoms with Crippen LogP contribution in [-0.2, 0) is 11.3 Å². The van der Waals surface area contributed by atoms with Crippen molar-refractivity contribution in [1.82, 2.24) is 4.90 Å². The lowest BCUT2D eigenvalue weighted by Gasteiger charge is -2.17. The summed E-state index contributed by atoms with van der Waals surface area (Å²) in [5, 5.41) is 0. The zero-order valence-electron chi connectivity index (χ0n) is 10.5. The van der Waals surface area contributed by atoms with Gasteiger partial charge < -0.3 is 4.90 Å². The van der Waals surface area contributed by atoms with Crippen LogP contribution < -0.4 is 0 Å². The van der Waals surface area contributed by atoms with Crippen LogP contribution in [-0.4, -0.2) is 17.4 Å². The lowest BCUT2D eigenvalue weighted by Crippen LogP contribution is -2.24. The number of carbonyl (C=O) groups excluding carboxylic acids is 1. The van der Waals surface area contributed by atoms with Crippen molar-refractivity contribution < 1.29 is 9.18 Å². The number of carbonyl (C=O) groups is 1. The van der Waals surface area contributed by atoms with Crippen LogP contribution in [0, 0.1) is 11.7 Å². The third-order valence-electron chi connectivity index (χ3n) is 3.37. The van der Waals surface area contributed by atoms with E-state index in [2.05, 4.69) is 22.9 Å². The van der Waals surface area contributed by atoms with Crippen molar-refractivity contribution in [3.05, 3.63) is 34.1 Å². The van der Waals surface area contributed by atoms with E-state index < -0.39 is 0 Å². The lowest BCUT2D eigenvalue weighted by atomic mass is 10.0. The molecule has 1 aliphatic rings. The summed E-state index contributed by atoms with van der Waals surface area (Å²) in [6.45, 7) is 3.54. The molecular formula is C14H17BrFNO. The van der Waals surface area contributed by atoms with Crippen LogP contribution in [0.4, 0.5) is 4.39 Å². The summed E-state index contributed by atoms with van der Waals surface area (Å²) >= 11 is 3.34. The fourth-order valence-electron chi connectivity index (χ4n) is 2.46. The Labute approximate surface area is 115 Å². The van der Waals surface area contributed by atoms with Gasteiger partial charge in [-0.15, -0.1) is 0 Å². The van der Waals surface area contributed by atoms with E-state index in [9.17, 15) is 9.18 Å². The topological polar surface area (TPSA) is 20.3 Å². The highest BCUT2D eigenvalue weighted by atomic mass is 79.9. The SMILES string of the molecule is CCCC1CC(=O)N(Cc2ccc(F)cc2Br)C1. The summed E-state index contributed by atoms with van der Waals surface area (Å²) in [7, 11) is 0. The van der Waals surface area contributed by atoms with Gasteiger partial charge in [0.05, 0.1) is 0 Å². The summed E-state index contributed by atoms with van der Waals surface area (Å²) in [4.78, 5) is 13.8. The second-order valence-corrected chi connectivity index (χ2v) is 5.72. The maximum atomic E-state index is 13.0. The van der Waals surface area contributed by atoms with Gasteiger partial charge in [0.1, 0.15) is 5.82 Å². The standard InChI is InChI=1S/C14H17BrFNO/c1-2-3-10-6-14(18)17(8-10)9-11-4-5-12(16)7-13(11)15/h4-5,7,10H,2-3,6,8-9H2,1H3. The quantitative estimate of drug-likeness (QED) is 0.829. The predicted molar refractivity (Wildman–Crippen MR) is 72.5 cm³/mol. The zero-order valence-corrected chi connectivity index (χ0v) is 12.0. The minimum absolute atomic E-state index is 0.213. The van der Waals surface area contributed by atoms with Crippen molar-refractivity contribution in [3.8, 4) is 0 Å². The first-order valence-electron chi connectivity index (χ1n) is 6.32. The molecule has 2 rings (SSSR count). The molecule has 1 heterocycles. The molecule has 18 heavy (non-hydrogen) atoms. The molecule has 4 heteroatoms. The second kappa shape index (κ2) is 5.83. The van der Waals surface area contributed by atoms with E-state index in [-0.39, 0.29) is 11.7 Å². The Morgan fingerprint density at radius 3 is 2.94 bits per heavy atom. The number of nitrogens with zero attached hydrogens (tertiary/aromatic N) is 1. The van der Waals surface area contributed by atoms with E-state index >= 15 is 0 Å². The average molecular weight is 314 g/mol. The van der Waals surface area contributed by atoms with Gasteiger partial charge in [0.2, 0.25) is 5.91 Å². The van der Waals surface area contributed by atoms with Crippen LogP contribution in [0.2, 0.25) is 0 Å². The molecule has 0 bridgehead atoms. The van der Waals surface area contributed by atoms with Gasteiger partial charge in [-0.05, 0) is 30.0 Å². The minimum Gasteiger partial charge on any atom is -0.338 e. The van der Waals surface area contributed by atoms with Crippen molar-refractivity contribution >= 4 is 21.8 Å². The molecule has 1 unspecified atom stereocenters. The monoisotopic (exact) mass is 313 g/mol. The Hall–Kier alpha value is -0.900. The number of hydrogen-bond acceptors (Lipinski definition) is 1. The van der Waals surface area contributed by atoms with Gasteiger partial charge in [0.15, 0.2) is 0 Å². The van der Waals surface area contributed by atoms with Crippen LogP contribution in [0.3, 0.4) is 0 Å². The molecule has 98 valence electrons. The first-order valence-corrected chi connectivity index (χ1v) is 7.11. The molecule has 1 atom stereocenters. The van der Waals surface area contributed by atoms with Crippen LogP contribution in [0.25, 0.3) is 0 Å². The summed E-state index contributed by atoms with van der Waals surface area (Å²) in [6, 6.07) is 4.61. The molecule has 0 N–H and O–H groups in total. The smallest absolute Gasteiger partial charge is 0.223 e. The highest BCUT2D eigenvalue weighted by Crippen LogP contribution is 2.26. The van der Waals surface area contributed by atoms with E-state index in [1.165, 1.54) is 12.1 Å². The number of rotatable bonds is 4. The van der Waals surface area contributed by atoms with Crippen LogP contribution in [0.15, 0.2) is 22.7 Å². The molecule has 1 fully saturated rings.